The van der Waals surface area contributed by atoms with Gasteiger partial charge in [-0.25, -0.2) is 4.79 Å². The Kier molecular flexibility index (Phi) is 7.53. The van der Waals surface area contributed by atoms with E-state index in [1.807, 2.05) is 18.2 Å². The largest absolute Gasteiger partial charge is 0.493 e. The summed E-state index contributed by atoms with van der Waals surface area (Å²) in [5.41, 5.74) is 2.87. The Balaban J connectivity index is 1.80. The molecule has 0 spiro atoms. The molecule has 0 atom stereocenters. The van der Waals surface area contributed by atoms with Gasteiger partial charge in [-0.2, -0.15) is 10.1 Å². The van der Waals surface area contributed by atoms with Crippen molar-refractivity contribution in [3.63, 3.8) is 0 Å². The van der Waals surface area contributed by atoms with Gasteiger partial charge in [0.05, 0.1) is 42.4 Å². The van der Waals surface area contributed by atoms with Gasteiger partial charge in [-0.05, 0) is 74.7 Å². The Morgan fingerprint density at radius 3 is 2.36 bits per heavy atom. The van der Waals surface area contributed by atoms with Crippen molar-refractivity contribution in [2.24, 2.45) is 11.0 Å². The van der Waals surface area contributed by atoms with Gasteiger partial charge in [0.15, 0.2) is 11.5 Å². The molecule has 2 aromatic carbocycles. The smallest absolute Gasteiger partial charge is 0.338 e. The second-order valence-electron chi connectivity index (χ2n) is 8.48. The van der Waals surface area contributed by atoms with E-state index in [0.29, 0.717) is 46.6 Å². The molecule has 0 saturated heterocycles. The monoisotopic (exact) mass is 450 g/mol. The Labute approximate surface area is 194 Å². The van der Waals surface area contributed by atoms with E-state index in [1.165, 1.54) is 5.01 Å². The van der Waals surface area contributed by atoms with E-state index >= 15 is 0 Å². The standard InChI is InChI=1S/C26H30N2O5/c1-16(2)15-32-23-12-7-19(14-24(23)31-6)13-22-18(5)27-28(25(22)29)21-10-8-20(9-11-21)26(30)33-17(3)4/h7-14,16-17H,15H2,1-6H3/b22-13+. The first kappa shape index (κ1) is 24.0. The molecule has 0 aromatic heterocycles. The average Bonchev–Trinajstić information content (AvgIpc) is 3.05. The number of hydrogen-bond acceptors (Lipinski definition) is 6. The van der Waals surface area contributed by atoms with E-state index in [0.717, 1.165) is 5.56 Å². The first-order valence-electron chi connectivity index (χ1n) is 10.9. The van der Waals surface area contributed by atoms with E-state index in [-0.39, 0.29) is 12.0 Å². The Morgan fingerprint density at radius 1 is 1.06 bits per heavy atom. The van der Waals surface area contributed by atoms with Crippen LogP contribution in [0.2, 0.25) is 0 Å². The van der Waals surface area contributed by atoms with Crippen LogP contribution in [0.3, 0.4) is 0 Å². The molecule has 174 valence electrons. The zero-order valence-electron chi connectivity index (χ0n) is 19.9. The molecule has 0 N–H and O–H groups in total. The van der Waals surface area contributed by atoms with Crippen molar-refractivity contribution in [3.05, 3.63) is 59.2 Å². The maximum absolute atomic E-state index is 13.1. The summed E-state index contributed by atoms with van der Waals surface area (Å²) in [7, 11) is 1.59. The number of ether oxygens (including phenoxy) is 3. The highest BCUT2D eigenvalue weighted by atomic mass is 16.5. The summed E-state index contributed by atoms with van der Waals surface area (Å²) in [5.74, 6) is 1.01. The van der Waals surface area contributed by atoms with Gasteiger partial charge in [-0.3, -0.25) is 4.79 Å². The molecule has 0 aliphatic carbocycles. The van der Waals surface area contributed by atoms with Crippen LogP contribution in [-0.2, 0) is 9.53 Å². The van der Waals surface area contributed by atoms with Gasteiger partial charge in [0.1, 0.15) is 0 Å². The maximum atomic E-state index is 13.1. The molecule has 33 heavy (non-hydrogen) atoms. The second kappa shape index (κ2) is 10.3. The number of anilines is 1. The summed E-state index contributed by atoms with van der Waals surface area (Å²) in [4.78, 5) is 25.1. The summed E-state index contributed by atoms with van der Waals surface area (Å²) < 4.78 is 16.5. The molecule has 0 radical (unpaired) electrons. The van der Waals surface area contributed by atoms with Crippen LogP contribution in [0.25, 0.3) is 6.08 Å². The number of esters is 1. The van der Waals surface area contributed by atoms with E-state index < -0.39 is 5.97 Å². The van der Waals surface area contributed by atoms with Crippen molar-refractivity contribution in [3.8, 4) is 11.5 Å². The number of nitrogens with zero attached hydrogens (tertiary/aromatic N) is 2. The van der Waals surface area contributed by atoms with Crippen molar-refractivity contribution in [1.29, 1.82) is 0 Å². The summed E-state index contributed by atoms with van der Waals surface area (Å²) in [6.07, 6.45) is 1.58. The van der Waals surface area contributed by atoms with Crippen molar-refractivity contribution < 1.29 is 23.8 Å². The predicted molar refractivity (Wildman–Crippen MR) is 129 cm³/mol. The highest BCUT2D eigenvalue weighted by Gasteiger charge is 2.29. The van der Waals surface area contributed by atoms with Crippen LogP contribution in [0.5, 0.6) is 11.5 Å². The summed E-state index contributed by atoms with van der Waals surface area (Å²) in [5, 5.41) is 5.74. The lowest BCUT2D eigenvalue weighted by Gasteiger charge is -2.13. The van der Waals surface area contributed by atoms with E-state index in [1.54, 1.807) is 58.2 Å². The zero-order valence-corrected chi connectivity index (χ0v) is 19.9. The van der Waals surface area contributed by atoms with Gasteiger partial charge in [0, 0.05) is 0 Å². The van der Waals surface area contributed by atoms with Crippen LogP contribution < -0.4 is 14.5 Å². The average molecular weight is 451 g/mol. The minimum Gasteiger partial charge on any atom is -0.493 e. The molecular weight excluding hydrogens is 420 g/mol. The van der Waals surface area contributed by atoms with Gasteiger partial charge in [0.25, 0.3) is 5.91 Å². The van der Waals surface area contributed by atoms with Crippen molar-refractivity contribution in [2.45, 2.75) is 40.7 Å². The second-order valence-corrected chi connectivity index (χ2v) is 8.48. The molecule has 7 heteroatoms. The molecule has 0 saturated carbocycles. The lowest BCUT2D eigenvalue weighted by Crippen LogP contribution is -2.21. The molecule has 1 heterocycles. The van der Waals surface area contributed by atoms with Gasteiger partial charge < -0.3 is 14.2 Å². The third kappa shape index (κ3) is 5.80. The summed E-state index contributed by atoms with van der Waals surface area (Å²) >= 11 is 0. The van der Waals surface area contributed by atoms with Gasteiger partial charge in [0.2, 0.25) is 0 Å². The van der Waals surface area contributed by atoms with Crippen LogP contribution >= 0.6 is 0 Å². The fourth-order valence-corrected chi connectivity index (χ4v) is 3.20. The molecular formula is C26H30N2O5. The molecule has 2 aromatic rings. The zero-order chi connectivity index (χ0) is 24.1. The first-order chi connectivity index (χ1) is 15.7. The van der Waals surface area contributed by atoms with Crippen molar-refractivity contribution in [1.82, 2.24) is 0 Å². The van der Waals surface area contributed by atoms with Crippen molar-refractivity contribution in [2.75, 3.05) is 18.7 Å². The maximum Gasteiger partial charge on any atom is 0.338 e. The number of hydrogen-bond donors (Lipinski definition) is 0. The number of rotatable bonds is 8. The van der Waals surface area contributed by atoms with E-state index in [9.17, 15) is 9.59 Å². The van der Waals surface area contributed by atoms with Crippen LogP contribution in [0.1, 0.15) is 50.5 Å². The van der Waals surface area contributed by atoms with Crippen LogP contribution in [-0.4, -0.2) is 37.4 Å². The van der Waals surface area contributed by atoms with Crippen LogP contribution in [0.15, 0.2) is 53.1 Å². The molecule has 1 aliphatic heterocycles. The quantitative estimate of drug-likeness (QED) is 0.413. The Hall–Kier alpha value is -3.61. The normalized spacial score (nSPS) is 14.8. The molecule has 0 bridgehead atoms. The van der Waals surface area contributed by atoms with Crippen LogP contribution in [0.4, 0.5) is 5.69 Å². The van der Waals surface area contributed by atoms with Crippen molar-refractivity contribution >= 4 is 29.4 Å². The lowest BCUT2D eigenvalue weighted by molar-refractivity contribution is -0.114. The molecule has 0 unspecified atom stereocenters. The van der Waals surface area contributed by atoms with E-state index in [4.69, 9.17) is 14.2 Å². The highest BCUT2D eigenvalue weighted by molar-refractivity contribution is 6.32. The minimum absolute atomic E-state index is 0.202. The molecule has 1 aliphatic rings. The Bertz CT molecular complexity index is 1080. The topological polar surface area (TPSA) is 77.4 Å². The molecule has 3 rings (SSSR count). The minimum atomic E-state index is -0.403. The third-order valence-electron chi connectivity index (χ3n) is 4.82. The number of amides is 1. The van der Waals surface area contributed by atoms with Crippen LogP contribution in [0, 0.1) is 5.92 Å². The predicted octanol–water partition coefficient (Wildman–Crippen LogP) is 5.10. The highest BCUT2D eigenvalue weighted by Crippen LogP contribution is 2.31. The summed E-state index contributed by atoms with van der Waals surface area (Å²) in [6.45, 7) is 10.1. The number of benzene rings is 2. The summed E-state index contributed by atoms with van der Waals surface area (Å²) in [6, 6.07) is 12.2. The number of hydrazone groups is 1. The molecule has 0 fully saturated rings. The molecule has 7 nitrogen and oxygen atoms in total. The van der Waals surface area contributed by atoms with Gasteiger partial charge in [-0.15, -0.1) is 0 Å². The fourth-order valence-electron chi connectivity index (χ4n) is 3.20. The van der Waals surface area contributed by atoms with Gasteiger partial charge in [-0.1, -0.05) is 19.9 Å². The van der Waals surface area contributed by atoms with E-state index in [2.05, 4.69) is 18.9 Å². The number of carbonyl (C=O) groups excluding carboxylic acids is 2. The Morgan fingerprint density at radius 2 is 1.76 bits per heavy atom. The fraction of sp³-hybridized carbons (Fsp3) is 0.346. The number of carbonyl (C=O) groups is 2. The first-order valence-corrected chi connectivity index (χ1v) is 10.9. The SMILES string of the molecule is COc1cc(/C=C2/C(=O)N(c3ccc(C(=O)OC(C)C)cc3)N=C2C)ccc1OCC(C)C. The van der Waals surface area contributed by atoms with Gasteiger partial charge >= 0.3 is 5.97 Å². The molecule has 1 amide bonds. The number of methoxy groups -OCH3 is 1. The third-order valence-corrected chi connectivity index (χ3v) is 4.82. The lowest BCUT2D eigenvalue weighted by atomic mass is 10.1.